The van der Waals surface area contributed by atoms with Gasteiger partial charge in [-0.2, -0.15) is 0 Å². The van der Waals surface area contributed by atoms with E-state index < -0.39 is 0 Å². The fourth-order valence-electron chi connectivity index (χ4n) is 3.59. The van der Waals surface area contributed by atoms with Crippen LogP contribution in [0.2, 0.25) is 0 Å². The van der Waals surface area contributed by atoms with E-state index in [1.807, 2.05) is 52.9 Å². The summed E-state index contributed by atoms with van der Waals surface area (Å²) in [7, 11) is 0. The van der Waals surface area contributed by atoms with Gasteiger partial charge in [0.25, 0.3) is 0 Å². The second-order valence-electron chi connectivity index (χ2n) is 6.90. The summed E-state index contributed by atoms with van der Waals surface area (Å²) in [4.78, 5) is 17.5. The van der Waals surface area contributed by atoms with Crippen LogP contribution in [0, 0.1) is 0 Å². The van der Waals surface area contributed by atoms with Crippen molar-refractivity contribution in [2.24, 2.45) is 0 Å². The van der Waals surface area contributed by atoms with Crippen molar-refractivity contribution in [3.8, 4) is 0 Å². The minimum Gasteiger partial charge on any atom is -0.376 e. The van der Waals surface area contributed by atoms with Crippen LogP contribution in [-0.4, -0.2) is 44.6 Å². The Hall–Kier alpha value is -3.32. The van der Waals surface area contributed by atoms with Gasteiger partial charge in [0.1, 0.15) is 6.33 Å². The number of fused-ring (bicyclic) bond motifs is 3. The highest BCUT2D eigenvalue weighted by Gasteiger charge is 2.18. The van der Waals surface area contributed by atoms with E-state index in [0.29, 0.717) is 29.1 Å². The predicted molar refractivity (Wildman–Crippen MR) is 106 cm³/mol. The van der Waals surface area contributed by atoms with Crippen molar-refractivity contribution in [2.45, 2.75) is 18.9 Å². The number of anilines is 1. The van der Waals surface area contributed by atoms with Gasteiger partial charge in [0.2, 0.25) is 5.65 Å². The molecular formula is C21H19N5O2. The molecule has 1 aliphatic heterocycles. The van der Waals surface area contributed by atoms with Crippen molar-refractivity contribution in [2.75, 3.05) is 18.5 Å². The van der Waals surface area contributed by atoms with Crippen molar-refractivity contribution in [1.82, 2.24) is 19.6 Å². The lowest BCUT2D eigenvalue weighted by atomic mass is 10.0. The van der Waals surface area contributed by atoms with Crippen molar-refractivity contribution in [1.29, 1.82) is 0 Å². The molecule has 0 spiro atoms. The zero-order chi connectivity index (χ0) is 18.9. The van der Waals surface area contributed by atoms with Crippen LogP contribution in [0.25, 0.3) is 16.7 Å². The number of ether oxygens (including phenoxy) is 1. The molecule has 1 atom stereocenters. The van der Waals surface area contributed by atoms with E-state index in [2.05, 4.69) is 15.5 Å². The average molecular weight is 373 g/mol. The molecule has 2 aromatic carbocycles. The standard InChI is InChI=1S/C21H19N5O2/c27-19(14-5-2-1-3-6-14)15-8-9-17-18(11-15)26-13-23-25-21(26)20(24-17)22-12-16-7-4-10-28-16/h1-3,5-6,8-9,11,13,16H,4,7,10,12H2,(H,22,24)/t16-/m1/s1. The highest BCUT2D eigenvalue weighted by Crippen LogP contribution is 2.23. The van der Waals surface area contributed by atoms with E-state index in [1.165, 1.54) is 0 Å². The van der Waals surface area contributed by atoms with Crippen molar-refractivity contribution < 1.29 is 9.53 Å². The number of nitrogens with one attached hydrogen (secondary N) is 1. The molecule has 5 rings (SSSR count). The van der Waals surface area contributed by atoms with E-state index in [4.69, 9.17) is 9.72 Å². The molecule has 7 nitrogen and oxygen atoms in total. The van der Waals surface area contributed by atoms with Crippen LogP contribution in [0.15, 0.2) is 54.9 Å². The monoisotopic (exact) mass is 373 g/mol. The number of nitrogens with zero attached hydrogens (tertiary/aromatic N) is 4. The fraction of sp³-hybridized carbons (Fsp3) is 0.238. The maximum atomic E-state index is 12.8. The highest BCUT2D eigenvalue weighted by molar-refractivity contribution is 6.10. The third kappa shape index (κ3) is 2.99. The molecule has 1 fully saturated rings. The van der Waals surface area contributed by atoms with Crippen molar-refractivity contribution in [3.63, 3.8) is 0 Å². The molecule has 0 unspecified atom stereocenters. The zero-order valence-corrected chi connectivity index (χ0v) is 15.2. The van der Waals surface area contributed by atoms with Gasteiger partial charge in [-0.3, -0.25) is 9.20 Å². The lowest BCUT2D eigenvalue weighted by molar-refractivity contribution is 0.103. The molecular weight excluding hydrogens is 354 g/mol. The molecule has 1 N–H and O–H groups in total. The molecule has 4 aromatic rings. The third-order valence-corrected chi connectivity index (χ3v) is 5.05. The summed E-state index contributed by atoms with van der Waals surface area (Å²) in [5.74, 6) is 0.645. The fourth-order valence-corrected chi connectivity index (χ4v) is 3.59. The molecule has 28 heavy (non-hydrogen) atoms. The first-order chi connectivity index (χ1) is 13.8. The van der Waals surface area contributed by atoms with Gasteiger partial charge < -0.3 is 10.1 Å². The van der Waals surface area contributed by atoms with Gasteiger partial charge in [0, 0.05) is 24.3 Å². The molecule has 3 heterocycles. The lowest BCUT2D eigenvalue weighted by Crippen LogP contribution is -2.19. The van der Waals surface area contributed by atoms with Gasteiger partial charge in [0.15, 0.2) is 11.6 Å². The molecule has 0 amide bonds. The van der Waals surface area contributed by atoms with Crippen LogP contribution in [0.3, 0.4) is 0 Å². The van der Waals surface area contributed by atoms with E-state index in [0.717, 1.165) is 30.5 Å². The molecule has 140 valence electrons. The molecule has 1 saturated heterocycles. The van der Waals surface area contributed by atoms with Crippen LogP contribution in [-0.2, 0) is 4.74 Å². The van der Waals surface area contributed by atoms with Gasteiger partial charge in [-0.25, -0.2) is 4.98 Å². The predicted octanol–water partition coefficient (Wildman–Crippen LogP) is 3.10. The first kappa shape index (κ1) is 16.8. The first-order valence-electron chi connectivity index (χ1n) is 9.38. The topological polar surface area (TPSA) is 81.4 Å². The van der Waals surface area contributed by atoms with Crippen molar-refractivity contribution in [3.05, 3.63) is 66.0 Å². The largest absolute Gasteiger partial charge is 0.376 e. The Morgan fingerprint density at radius 3 is 2.89 bits per heavy atom. The van der Waals surface area contributed by atoms with Crippen LogP contribution in [0.5, 0.6) is 0 Å². The molecule has 0 bridgehead atoms. The molecule has 7 heteroatoms. The normalized spacial score (nSPS) is 16.6. The van der Waals surface area contributed by atoms with Crippen molar-refractivity contribution >= 4 is 28.3 Å². The number of hydrogen-bond acceptors (Lipinski definition) is 6. The van der Waals surface area contributed by atoms with E-state index in [1.54, 1.807) is 6.33 Å². The number of aromatic nitrogens is 4. The second kappa shape index (κ2) is 7.01. The zero-order valence-electron chi connectivity index (χ0n) is 15.2. The molecule has 0 aliphatic carbocycles. The molecule has 0 radical (unpaired) electrons. The van der Waals surface area contributed by atoms with E-state index in [-0.39, 0.29) is 11.9 Å². The Balaban J connectivity index is 1.53. The van der Waals surface area contributed by atoms with Gasteiger partial charge in [0.05, 0.1) is 17.1 Å². The lowest BCUT2D eigenvalue weighted by Gasteiger charge is -2.13. The summed E-state index contributed by atoms with van der Waals surface area (Å²) in [6.07, 6.45) is 3.99. The summed E-state index contributed by atoms with van der Waals surface area (Å²) in [5.41, 5.74) is 3.46. The van der Waals surface area contributed by atoms with E-state index in [9.17, 15) is 4.79 Å². The second-order valence-corrected chi connectivity index (χ2v) is 6.90. The number of ketones is 1. The summed E-state index contributed by atoms with van der Waals surface area (Å²) >= 11 is 0. The molecule has 2 aromatic heterocycles. The van der Waals surface area contributed by atoms with Crippen LogP contribution in [0.1, 0.15) is 28.8 Å². The Kier molecular flexibility index (Phi) is 4.21. The molecule has 1 aliphatic rings. The number of carbonyl (C=O) groups is 1. The van der Waals surface area contributed by atoms with Gasteiger partial charge in [-0.1, -0.05) is 30.3 Å². The number of rotatable bonds is 5. The van der Waals surface area contributed by atoms with Gasteiger partial charge in [-0.05, 0) is 31.0 Å². The van der Waals surface area contributed by atoms with Gasteiger partial charge in [-0.15, -0.1) is 10.2 Å². The minimum atomic E-state index is -0.0238. The number of carbonyl (C=O) groups excluding carboxylic acids is 1. The highest BCUT2D eigenvalue weighted by atomic mass is 16.5. The summed E-state index contributed by atoms with van der Waals surface area (Å²) < 4.78 is 7.53. The van der Waals surface area contributed by atoms with Crippen LogP contribution >= 0.6 is 0 Å². The summed E-state index contributed by atoms with van der Waals surface area (Å²) in [6, 6.07) is 14.8. The minimum absolute atomic E-state index is 0.0238. The first-order valence-corrected chi connectivity index (χ1v) is 9.38. The maximum Gasteiger partial charge on any atom is 0.203 e. The Labute approximate surface area is 161 Å². The maximum absolute atomic E-state index is 12.8. The van der Waals surface area contributed by atoms with Crippen LogP contribution < -0.4 is 5.32 Å². The number of hydrogen-bond donors (Lipinski definition) is 1. The molecule has 0 saturated carbocycles. The Bertz CT molecular complexity index is 1150. The quantitative estimate of drug-likeness (QED) is 0.542. The average Bonchev–Trinajstić information content (AvgIpc) is 3.44. The SMILES string of the molecule is O=C(c1ccccc1)c1ccc2nc(NC[C@H]3CCCO3)c3nncn3c2c1. The third-order valence-electron chi connectivity index (χ3n) is 5.05. The number of benzene rings is 2. The van der Waals surface area contributed by atoms with Crippen LogP contribution in [0.4, 0.5) is 5.82 Å². The summed E-state index contributed by atoms with van der Waals surface area (Å²) in [6.45, 7) is 1.50. The summed E-state index contributed by atoms with van der Waals surface area (Å²) in [5, 5.41) is 11.6. The van der Waals surface area contributed by atoms with Gasteiger partial charge >= 0.3 is 0 Å². The Morgan fingerprint density at radius 2 is 2.07 bits per heavy atom. The Morgan fingerprint density at radius 1 is 1.18 bits per heavy atom. The van der Waals surface area contributed by atoms with E-state index >= 15 is 0 Å². The smallest absolute Gasteiger partial charge is 0.203 e.